The fourth-order valence-electron chi connectivity index (χ4n) is 3.19. The second kappa shape index (κ2) is 5.76. The van der Waals surface area contributed by atoms with Crippen molar-refractivity contribution in [3.05, 3.63) is 70.3 Å². The highest BCUT2D eigenvalue weighted by Crippen LogP contribution is 2.44. The van der Waals surface area contributed by atoms with Gasteiger partial charge in [0.25, 0.3) is 0 Å². The molecular weight excluding hydrogens is 290 g/mol. The van der Waals surface area contributed by atoms with Gasteiger partial charge >= 0.3 is 0 Å². The van der Waals surface area contributed by atoms with Crippen molar-refractivity contribution in [3.8, 4) is 0 Å². The minimum atomic E-state index is -0.540. The Morgan fingerprint density at radius 1 is 1.14 bits per heavy atom. The van der Waals surface area contributed by atoms with Gasteiger partial charge in [0.1, 0.15) is 11.6 Å². The van der Waals surface area contributed by atoms with Crippen molar-refractivity contribution in [2.24, 2.45) is 0 Å². The molecule has 21 heavy (non-hydrogen) atoms. The van der Waals surface area contributed by atoms with Gasteiger partial charge in [0.05, 0.1) is 5.38 Å². The number of benzene rings is 2. The Morgan fingerprint density at radius 3 is 2.71 bits per heavy atom. The standard InChI is InChI=1S/C18H17ClF2/c1-11-9-17(21)15(10-16(11)20)18(19)14-8-4-6-12-5-2-3-7-13(12)14/h2-3,5,7,9-10,14,18H,4,6,8H2,1H3. The first-order chi connectivity index (χ1) is 10.1. The van der Waals surface area contributed by atoms with Gasteiger partial charge in [-0.25, -0.2) is 8.78 Å². The average molecular weight is 307 g/mol. The molecular formula is C18H17ClF2. The second-order valence-electron chi connectivity index (χ2n) is 5.72. The van der Waals surface area contributed by atoms with Crippen molar-refractivity contribution in [2.75, 3.05) is 0 Å². The maximum Gasteiger partial charge on any atom is 0.128 e. The van der Waals surface area contributed by atoms with Crippen LogP contribution in [0.3, 0.4) is 0 Å². The summed E-state index contributed by atoms with van der Waals surface area (Å²) in [6.45, 7) is 1.56. The van der Waals surface area contributed by atoms with Crippen LogP contribution in [0.15, 0.2) is 36.4 Å². The fraction of sp³-hybridized carbons (Fsp3) is 0.333. The van der Waals surface area contributed by atoms with E-state index in [0.29, 0.717) is 5.56 Å². The third-order valence-electron chi connectivity index (χ3n) is 4.34. The van der Waals surface area contributed by atoms with Gasteiger partial charge in [-0.05, 0) is 55.0 Å². The van der Waals surface area contributed by atoms with E-state index in [-0.39, 0.29) is 11.5 Å². The zero-order valence-electron chi connectivity index (χ0n) is 11.9. The van der Waals surface area contributed by atoms with Gasteiger partial charge in [0, 0.05) is 11.5 Å². The van der Waals surface area contributed by atoms with E-state index in [9.17, 15) is 8.78 Å². The predicted molar refractivity (Wildman–Crippen MR) is 81.8 cm³/mol. The zero-order chi connectivity index (χ0) is 15.0. The SMILES string of the molecule is Cc1cc(F)c(C(Cl)C2CCCc3ccccc32)cc1F. The van der Waals surface area contributed by atoms with Crippen LogP contribution in [0.5, 0.6) is 0 Å². The Kier molecular flexibility index (Phi) is 3.99. The lowest BCUT2D eigenvalue weighted by Crippen LogP contribution is -2.15. The van der Waals surface area contributed by atoms with Crippen molar-refractivity contribution in [1.82, 2.24) is 0 Å². The van der Waals surface area contributed by atoms with E-state index in [2.05, 4.69) is 12.1 Å². The zero-order valence-corrected chi connectivity index (χ0v) is 12.6. The van der Waals surface area contributed by atoms with Crippen LogP contribution < -0.4 is 0 Å². The summed E-state index contributed by atoms with van der Waals surface area (Å²) in [4.78, 5) is 0. The van der Waals surface area contributed by atoms with Gasteiger partial charge in [-0.3, -0.25) is 0 Å². The molecule has 0 saturated heterocycles. The summed E-state index contributed by atoms with van der Waals surface area (Å²) in [5, 5.41) is -0.540. The molecule has 0 aliphatic heterocycles. The maximum absolute atomic E-state index is 14.2. The molecule has 3 rings (SSSR count). The summed E-state index contributed by atoms with van der Waals surface area (Å²) in [6, 6.07) is 10.6. The van der Waals surface area contributed by atoms with Gasteiger partial charge in [0.2, 0.25) is 0 Å². The number of aryl methyl sites for hydroxylation is 2. The van der Waals surface area contributed by atoms with Crippen LogP contribution in [0.25, 0.3) is 0 Å². The van der Waals surface area contributed by atoms with Crippen LogP contribution in [0.1, 0.15) is 46.4 Å². The molecule has 0 bridgehead atoms. The van der Waals surface area contributed by atoms with Gasteiger partial charge < -0.3 is 0 Å². The molecule has 110 valence electrons. The molecule has 1 aliphatic carbocycles. The number of halogens is 3. The minimum Gasteiger partial charge on any atom is -0.207 e. The quantitative estimate of drug-likeness (QED) is 0.627. The Labute approximate surface area is 128 Å². The summed E-state index contributed by atoms with van der Waals surface area (Å²) < 4.78 is 27.9. The van der Waals surface area contributed by atoms with Crippen LogP contribution in [-0.2, 0) is 6.42 Å². The van der Waals surface area contributed by atoms with E-state index >= 15 is 0 Å². The molecule has 0 spiro atoms. The van der Waals surface area contributed by atoms with Crippen molar-refractivity contribution >= 4 is 11.6 Å². The first-order valence-corrected chi connectivity index (χ1v) is 7.69. The molecule has 0 fully saturated rings. The lowest BCUT2D eigenvalue weighted by molar-refractivity contribution is 0.513. The topological polar surface area (TPSA) is 0 Å². The Hall–Kier alpha value is -1.41. The number of hydrogen-bond donors (Lipinski definition) is 0. The monoisotopic (exact) mass is 306 g/mol. The molecule has 1 aliphatic rings. The molecule has 0 radical (unpaired) electrons. The molecule has 0 N–H and O–H groups in total. The molecule has 0 saturated carbocycles. The largest absolute Gasteiger partial charge is 0.207 e. The number of hydrogen-bond acceptors (Lipinski definition) is 0. The highest BCUT2D eigenvalue weighted by Gasteiger charge is 2.29. The molecule has 2 aromatic rings. The van der Waals surface area contributed by atoms with Gasteiger partial charge in [0.15, 0.2) is 0 Å². The summed E-state index contributed by atoms with van der Waals surface area (Å²) in [5.74, 6) is -0.786. The molecule has 0 nitrogen and oxygen atoms in total. The lowest BCUT2D eigenvalue weighted by Gasteiger charge is -2.29. The summed E-state index contributed by atoms with van der Waals surface area (Å²) >= 11 is 6.54. The second-order valence-corrected chi connectivity index (χ2v) is 6.19. The van der Waals surface area contributed by atoms with Crippen LogP contribution in [0.4, 0.5) is 8.78 Å². The number of fused-ring (bicyclic) bond motifs is 1. The smallest absolute Gasteiger partial charge is 0.128 e. The van der Waals surface area contributed by atoms with Gasteiger partial charge in [-0.15, -0.1) is 11.6 Å². The molecule has 2 aromatic carbocycles. The third kappa shape index (κ3) is 2.69. The summed E-state index contributed by atoms with van der Waals surface area (Å²) in [7, 11) is 0. The lowest BCUT2D eigenvalue weighted by atomic mass is 9.79. The summed E-state index contributed by atoms with van der Waals surface area (Å²) in [6.07, 6.45) is 2.96. The van der Waals surface area contributed by atoms with Gasteiger partial charge in [-0.1, -0.05) is 24.3 Å². The molecule has 0 heterocycles. The molecule has 3 heteroatoms. The predicted octanol–water partition coefficient (Wildman–Crippen LogP) is 5.67. The van der Waals surface area contributed by atoms with E-state index < -0.39 is 17.0 Å². The van der Waals surface area contributed by atoms with Crippen LogP contribution >= 0.6 is 11.6 Å². The average Bonchev–Trinajstić information content (AvgIpc) is 2.49. The number of alkyl halides is 1. The fourth-order valence-corrected chi connectivity index (χ4v) is 3.61. The van der Waals surface area contributed by atoms with Crippen molar-refractivity contribution in [1.29, 1.82) is 0 Å². The van der Waals surface area contributed by atoms with Crippen molar-refractivity contribution in [2.45, 2.75) is 37.5 Å². The highest BCUT2D eigenvalue weighted by molar-refractivity contribution is 6.21. The molecule has 0 aromatic heterocycles. The van der Waals surface area contributed by atoms with E-state index in [1.54, 1.807) is 6.92 Å². The van der Waals surface area contributed by atoms with Crippen LogP contribution in [0, 0.1) is 18.6 Å². The van der Waals surface area contributed by atoms with Crippen LogP contribution in [-0.4, -0.2) is 0 Å². The van der Waals surface area contributed by atoms with E-state index in [0.717, 1.165) is 19.3 Å². The van der Waals surface area contributed by atoms with Crippen molar-refractivity contribution in [3.63, 3.8) is 0 Å². The molecule has 2 atom stereocenters. The van der Waals surface area contributed by atoms with E-state index in [1.807, 2.05) is 12.1 Å². The number of rotatable bonds is 2. The minimum absolute atomic E-state index is 0.0354. The van der Waals surface area contributed by atoms with Crippen LogP contribution in [0.2, 0.25) is 0 Å². The van der Waals surface area contributed by atoms with Gasteiger partial charge in [-0.2, -0.15) is 0 Å². The maximum atomic E-state index is 14.2. The third-order valence-corrected chi connectivity index (χ3v) is 4.88. The normalized spacial score (nSPS) is 19.1. The van der Waals surface area contributed by atoms with E-state index in [1.165, 1.54) is 23.3 Å². The van der Waals surface area contributed by atoms with Crippen molar-refractivity contribution < 1.29 is 8.78 Å². The first kappa shape index (κ1) is 14.5. The van der Waals surface area contributed by atoms with E-state index in [4.69, 9.17) is 11.6 Å². The molecule has 0 amide bonds. The highest BCUT2D eigenvalue weighted by atomic mass is 35.5. The Bertz CT molecular complexity index is 666. The summed E-state index contributed by atoms with van der Waals surface area (Å²) in [5.41, 5.74) is 3.02. The first-order valence-electron chi connectivity index (χ1n) is 7.25. The molecule has 2 unspecified atom stereocenters. The Morgan fingerprint density at radius 2 is 1.90 bits per heavy atom. The Balaban J connectivity index is 2.00.